The van der Waals surface area contributed by atoms with E-state index in [-0.39, 0.29) is 31.1 Å². The number of benzene rings is 2. The number of carbonyl (C=O) groups is 3. The minimum atomic E-state index is -0.638. The molecule has 1 atom stereocenters. The van der Waals surface area contributed by atoms with Crippen LogP contribution in [-0.4, -0.2) is 76.9 Å². The lowest BCUT2D eigenvalue weighted by molar-refractivity contribution is -0.120. The SMILES string of the molecule is O=C(CNC(=O)OCC1c2ccccc2-c2ccccc21)NCCOCCOCCNC(=O)OC1CC/C=C\CCC1. The summed E-state index contributed by atoms with van der Waals surface area (Å²) >= 11 is 0. The van der Waals surface area contributed by atoms with E-state index < -0.39 is 12.2 Å². The fraction of sp³-hybridized carbons (Fsp3) is 0.469. The summed E-state index contributed by atoms with van der Waals surface area (Å²) < 4.78 is 21.8. The summed E-state index contributed by atoms with van der Waals surface area (Å²) in [5.74, 6) is -0.373. The van der Waals surface area contributed by atoms with Crippen molar-refractivity contribution in [3.63, 3.8) is 0 Å². The Morgan fingerprint density at radius 1 is 0.714 bits per heavy atom. The molecule has 0 bridgehead atoms. The van der Waals surface area contributed by atoms with Crippen molar-refractivity contribution in [3.05, 3.63) is 71.8 Å². The van der Waals surface area contributed by atoms with Crippen molar-refractivity contribution in [3.8, 4) is 11.1 Å². The Hall–Kier alpha value is -3.89. The highest BCUT2D eigenvalue weighted by atomic mass is 16.6. The predicted octanol–water partition coefficient (Wildman–Crippen LogP) is 4.29. The third-order valence-electron chi connectivity index (χ3n) is 7.19. The van der Waals surface area contributed by atoms with Gasteiger partial charge in [-0.2, -0.15) is 0 Å². The molecule has 2 aromatic rings. The van der Waals surface area contributed by atoms with Crippen LogP contribution in [0.2, 0.25) is 0 Å². The van der Waals surface area contributed by atoms with E-state index in [9.17, 15) is 14.4 Å². The number of nitrogens with one attached hydrogen (secondary N) is 3. The second-order valence-corrected chi connectivity index (χ2v) is 10.2. The van der Waals surface area contributed by atoms with Crippen molar-refractivity contribution < 1.29 is 33.3 Å². The molecule has 4 rings (SSSR count). The average Bonchev–Trinajstić information content (AvgIpc) is 3.31. The first-order valence-corrected chi connectivity index (χ1v) is 14.7. The van der Waals surface area contributed by atoms with Gasteiger partial charge in [-0.25, -0.2) is 9.59 Å². The molecule has 226 valence electrons. The number of allylic oxidation sites excluding steroid dienone is 2. The Balaban J connectivity index is 0.974. The van der Waals surface area contributed by atoms with Gasteiger partial charge in [0.15, 0.2) is 0 Å². The van der Waals surface area contributed by atoms with E-state index in [0.717, 1.165) is 54.4 Å². The van der Waals surface area contributed by atoms with Crippen molar-refractivity contribution in [1.82, 2.24) is 16.0 Å². The predicted molar refractivity (Wildman–Crippen MR) is 158 cm³/mol. The van der Waals surface area contributed by atoms with E-state index >= 15 is 0 Å². The number of hydrogen-bond acceptors (Lipinski definition) is 7. The van der Waals surface area contributed by atoms with Crippen LogP contribution >= 0.6 is 0 Å². The van der Waals surface area contributed by atoms with Crippen LogP contribution in [0.1, 0.15) is 49.1 Å². The first kappa shape index (κ1) is 31.1. The lowest BCUT2D eigenvalue weighted by Crippen LogP contribution is -2.38. The lowest BCUT2D eigenvalue weighted by atomic mass is 9.98. The van der Waals surface area contributed by atoms with Crippen LogP contribution in [0.25, 0.3) is 11.1 Å². The van der Waals surface area contributed by atoms with Crippen molar-refractivity contribution in [2.45, 2.75) is 44.1 Å². The topological polar surface area (TPSA) is 124 Å². The number of fused-ring (bicyclic) bond motifs is 3. The second kappa shape index (κ2) is 17.2. The van der Waals surface area contributed by atoms with E-state index in [2.05, 4.69) is 52.4 Å². The lowest BCUT2D eigenvalue weighted by Gasteiger charge is -2.18. The van der Waals surface area contributed by atoms with Gasteiger partial charge in [-0.05, 0) is 54.4 Å². The van der Waals surface area contributed by atoms with Crippen molar-refractivity contribution in [2.75, 3.05) is 52.7 Å². The van der Waals surface area contributed by atoms with Crippen LogP contribution in [-0.2, 0) is 23.7 Å². The highest BCUT2D eigenvalue weighted by molar-refractivity contribution is 5.82. The molecule has 1 unspecified atom stereocenters. The molecule has 10 nitrogen and oxygen atoms in total. The maximum absolute atomic E-state index is 12.2. The summed E-state index contributed by atoms with van der Waals surface area (Å²) in [5, 5.41) is 7.89. The van der Waals surface area contributed by atoms with Gasteiger partial charge in [0.05, 0.1) is 33.0 Å². The standard InChI is InChI=1S/C32H41N3O7/c36-30(22-35-31(37)41-23-29-27-14-8-6-12-25(27)26-13-7-9-15-28(26)29)33-16-18-39-20-21-40-19-17-34-32(38)42-24-10-4-2-1-3-5-11-24/h1-2,6-9,12-15,24,29H,3-5,10-11,16-23H2,(H,33,36)(H,34,38)(H,35,37)/b2-1-. The van der Waals surface area contributed by atoms with Gasteiger partial charge in [0.1, 0.15) is 12.7 Å². The fourth-order valence-electron chi connectivity index (χ4n) is 5.11. The second-order valence-electron chi connectivity index (χ2n) is 10.2. The van der Waals surface area contributed by atoms with E-state index in [1.54, 1.807) is 0 Å². The zero-order chi connectivity index (χ0) is 29.4. The molecule has 2 aliphatic rings. The van der Waals surface area contributed by atoms with Crippen LogP contribution in [0.15, 0.2) is 60.7 Å². The van der Waals surface area contributed by atoms with E-state index in [1.807, 2.05) is 24.3 Å². The quantitative estimate of drug-likeness (QED) is 0.225. The molecule has 0 aromatic heterocycles. The van der Waals surface area contributed by atoms with Crippen LogP contribution in [0, 0.1) is 0 Å². The van der Waals surface area contributed by atoms with Crippen LogP contribution in [0.5, 0.6) is 0 Å². The monoisotopic (exact) mass is 579 g/mol. The Morgan fingerprint density at radius 2 is 1.36 bits per heavy atom. The molecule has 0 saturated heterocycles. The number of carbonyl (C=O) groups excluding carboxylic acids is 3. The van der Waals surface area contributed by atoms with Crippen molar-refractivity contribution in [2.24, 2.45) is 0 Å². The molecule has 0 radical (unpaired) electrons. The van der Waals surface area contributed by atoms with Gasteiger partial charge in [0.25, 0.3) is 0 Å². The maximum Gasteiger partial charge on any atom is 0.407 e. The number of rotatable bonds is 14. The highest BCUT2D eigenvalue weighted by Crippen LogP contribution is 2.44. The minimum Gasteiger partial charge on any atom is -0.449 e. The zero-order valence-corrected chi connectivity index (χ0v) is 24.0. The molecule has 2 aliphatic carbocycles. The first-order valence-electron chi connectivity index (χ1n) is 14.7. The minimum absolute atomic E-state index is 0.0338. The molecular formula is C32H41N3O7. The molecular weight excluding hydrogens is 538 g/mol. The Labute approximate surface area is 247 Å². The van der Waals surface area contributed by atoms with Crippen LogP contribution < -0.4 is 16.0 Å². The molecule has 10 heteroatoms. The van der Waals surface area contributed by atoms with Gasteiger partial charge in [-0.15, -0.1) is 0 Å². The summed E-state index contributed by atoms with van der Waals surface area (Å²) in [6.07, 6.45) is 7.98. The van der Waals surface area contributed by atoms with Crippen molar-refractivity contribution >= 4 is 18.1 Å². The first-order chi connectivity index (χ1) is 20.6. The summed E-state index contributed by atoms with van der Waals surface area (Å²) in [4.78, 5) is 36.2. The molecule has 0 spiro atoms. The van der Waals surface area contributed by atoms with Crippen molar-refractivity contribution in [1.29, 1.82) is 0 Å². The number of ether oxygens (including phenoxy) is 4. The Kier molecular flexibility index (Phi) is 12.7. The van der Waals surface area contributed by atoms with Gasteiger partial charge in [-0.1, -0.05) is 60.7 Å². The molecule has 0 fully saturated rings. The number of alkyl carbamates (subject to hydrolysis) is 2. The highest BCUT2D eigenvalue weighted by Gasteiger charge is 2.29. The van der Waals surface area contributed by atoms with E-state index in [4.69, 9.17) is 18.9 Å². The molecule has 0 saturated carbocycles. The zero-order valence-electron chi connectivity index (χ0n) is 24.0. The Morgan fingerprint density at radius 3 is 2.07 bits per heavy atom. The van der Waals surface area contributed by atoms with Gasteiger partial charge in [0, 0.05) is 19.0 Å². The fourth-order valence-corrected chi connectivity index (χ4v) is 5.11. The third kappa shape index (κ3) is 9.88. The van der Waals surface area contributed by atoms with Gasteiger partial charge < -0.3 is 34.9 Å². The molecule has 2 aromatic carbocycles. The molecule has 42 heavy (non-hydrogen) atoms. The summed E-state index contributed by atoms with van der Waals surface area (Å²) in [7, 11) is 0. The smallest absolute Gasteiger partial charge is 0.407 e. The Bertz CT molecular complexity index is 1160. The third-order valence-corrected chi connectivity index (χ3v) is 7.19. The normalized spacial score (nSPS) is 16.7. The van der Waals surface area contributed by atoms with Gasteiger partial charge >= 0.3 is 12.2 Å². The largest absolute Gasteiger partial charge is 0.449 e. The number of hydrogen-bond donors (Lipinski definition) is 3. The molecule has 0 aliphatic heterocycles. The van der Waals surface area contributed by atoms with E-state index in [1.165, 1.54) is 0 Å². The number of amides is 3. The molecule has 3 N–H and O–H groups in total. The van der Waals surface area contributed by atoms with Crippen LogP contribution in [0.4, 0.5) is 9.59 Å². The molecule has 3 amide bonds. The van der Waals surface area contributed by atoms with Gasteiger partial charge in [0.2, 0.25) is 5.91 Å². The average molecular weight is 580 g/mol. The van der Waals surface area contributed by atoms with E-state index in [0.29, 0.717) is 39.5 Å². The summed E-state index contributed by atoms with van der Waals surface area (Å²) in [6.45, 7) is 2.04. The maximum atomic E-state index is 12.2. The summed E-state index contributed by atoms with van der Waals surface area (Å²) in [6, 6.07) is 16.2. The van der Waals surface area contributed by atoms with Crippen LogP contribution in [0.3, 0.4) is 0 Å². The summed E-state index contributed by atoms with van der Waals surface area (Å²) in [5.41, 5.74) is 4.57. The van der Waals surface area contributed by atoms with Gasteiger partial charge in [-0.3, -0.25) is 4.79 Å². The molecule has 0 heterocycles.